The molecule has 4 nitrogen and oxygen atoms in total. The van der Waals surface area contributed by atoms with E-state index >= 15 is 0 Å². The first-order valence-electron chi connectivity index (χ1n) is 7.00. The molecule has 0 aliphatic heterocycles. The second kappa shape index (κ2) is 6.66. The predicted molar refractivity (Wildman–Crippen MR) is 82.7 cm³/mol. The second-order valence-electron chi connectivity index (χ2n) is 5.47. The average Bonchev–Trinajstić information content (AvgIpc) is 2.91. The molecule has 19 heavy (non-hydrogen) atoms. The van der Waals surface area contributed by atoms with E-state index in [4.69, 9.17) is 4.98 Å². The van der Waals surface area contributed by atoms with Crippen LogP contribution in [0.3, 0.4) is 0 Å². The van der Waals surface area contributed by atoms with Gasteiger partial charge in [0.2, 0.25) is 0 Å². The Balaban J connectivity index is 2.26. The van der Waals surface area contributed by atoms with Crippen molar-refractivity contribution in [3.63, 3.8) is 0 Å². The summed E-state index contributed by atoms with van der Waals surface area (Å²) in [5.41, 5.74) is 1.20. The highest BCUT2D eigenvalue weighted by atomic mass is 79.9. The molecule has 1 heterocycles. The van der Waals surface area contributed by atoms with Crippen molar-refractivity contribution >= 4 is 21.7 Å². The molecule has 1 fully saturated rings. The lowest BCUT2D eigenvalue weighted by atomic mass is 10.0. The number of anilines is 1. The van der Waals surface area contributed by atoms with Gasteiger partial charge in [0.05, 0.1) is 10.2 Å². The maximum atomic E-state index is 4.81. The third kappa shape index (κ3) is 3.66. The smallest absolute Gasteiger partial charge is 0.144 e. The number of halogens is 1. The maximum absolute atomic E-state index is 4.81. The molecule has 5 heteroatoms. The van der Waals surface area contributed by atoms with E-state index in [0.717, 1.165) is 29.1 Å². The summed E-state index contributed by atoms with van der Waals surface area (Å²) in [4.78, 5) is 11.6. The molecule has 106 valence electrons. The van der Waals surface area contributed by atoms with Crippen LogP contribution in [-0.2, 0) is 6.42 Å². The molecule has 0 aromatic carbocycles. The molecule has 0 saturated heterocycles. The minimum atomic E-state index is 0.600. The molecule has 0 atom stereocenters. The van der Waals surface area contributed by atoms with Gasteiger partial charge < -0.3 is 10.2 Å². The number of rotatable bonds is 5. The Morgan fingerprint density at radius 3 is 2.53 bits per heavy atom. The first-order chi connectivity index (χ1) is 9.11. The van der Waals surface area contributed by atoms with Crippen molar-refractivity contribution in [1.82, 2.24) is 14.9 Å². The summed E-state index contributed by atoms with van der Waals surface area (Å²) in [6, 6.07) is 0. The van der Waals surface area contributed by atoms with Gasteiger partial charge >= 0.3 is 0 Å². The largest absolute Gasteiger partial charge is 0.372 e. The summed E-state index contributed by atoms with van der Waals surface area (Å²) < 4.78 is 1.05. The van der Waals surface area contributed by atoms with Crippen LogP contribution in [0.2, 0.25) is 0 Å². The monoisotopic (exact) mass is 326 g/mol. The molecule has 0 unspecified atom stereocenters. The topological polar surface area (TPSA) is 41.1 Å². The first kappa shape index (κ1) is 14.7. The molecule has 1 saturated carbocycles. The van der Waals surface area contributed by atoms with Crippen LogP contribution in [0.4, 0.5) is 5.82 Å². The summed E-state index contributed by atoms with van der Waals surface area (Å²) in [6.45, 7) is 0.981. The number of likely N-dealkylation sites (N-methyl/N-ethyl adjacent to an activating group) is 1. The number of nitrogens with one attached hydrogen (secondary N) is 1. The van der Waals surface area contributed by atoms with Crippen LogP contribution >= 0.6 is 15.9 Å². The number of hydrogen-bond donors (Lipinski definition) is 1. The fourth-order valence-electron chi connectivity index (χ4n) is 2.58. The van der Waals surface area contributed by atoms with Crippen LogP contribution in [0.1, 0.15) is 43.1 Å². The van der Waals surface area contributed by atoms with Gasteiger partial charge in [-0.25, -0.2) is 9.97 Å². The van der Waals surface area contributed by atoms with Gasteiger partial charge in [0.25, 0.3) is 0 Å². The molecule has 0 radical (unpaired) electrons. The van der Waals surface area contributed by atoms with E-state index in [2.05, 4.69) is 45.2 Å². The standard InChI is InChI=1S/C14H23BrN4/c1-16-14-12(15)13(10-6-4-5-7-10)17-11(18-14)8-9-19(2)3/h10H,4-9H2,1-3H3,(H,16,17,18). The van der Waals surface area contributed by atoms with Crippen LogP contribution < -0.4 is 5.32 Å². The molecule has 2 rings (SSSR count). The van der Waals surface area contributed by atoms with Crippen LogP contribution in [0.25, 0.3) is 0 Å². The summed E-state index contributed by atoms with van der Waals surface area (Å²) >= 11 is 3.67. The summed E-state index contributed by atoms with van der Waals surface area (Å²) in [5, 5.41) is 3.18. The van der Waals surface area contributed by atoms with E-state index in [1.165, 1.54) is 31.4 Å². The van der Waals surface area contributed by atoms with Crippen molar-refractivity contribution in [1.29, 1.82) is 0 Å². The Morgan fingerprint density at radius 2 is 1.95 bits per heavy atom. The molecule has 1 aliphatic carbocycles. The number of nitrogens with zero attached hydrogens (tertiary/aromatic N) is 3. The zero-order valence-corrected chi connectivity index (χ0v) is 13.6. The van der Waals surface area contributed by atoms with E-state index in [0.29, 0.717) is 5.92 Å². The Labute approximate surface area is 124 Å². The third-order valence-corrected chi connectivity index (χ3v) is 4.47. The molecule has 1 aromatic heterocycles. The third-order valence-electron chi connectivity index (χ3n) is 3.68. The molecule has 0 spiro atoms. The Bertz CT molecular complexity index is 428. The lowest BCUT2D eigenvalue weighted by molar-refractivity contribution is 0.409. The molecule has 1 aliphatic rings. The summed E-state index contributed by atoms with van der Waals surface area (Å²) in [5.74, 6) is 2.47. The van der Waals surface area contributed by atoms with Gasteiger partial charge in [-0.15, -0.1) is 0 Å². The molecular weight excluding hydrogens is 304 g/mol. The first-order valence-corrected chi connectivity index (χ1v) is 7.80. The minimum absolute atomic E-state index is 0.600. The highest BCUT2D eigenvalue weighted by Crippen LogP contribution is 2.38. The van der Waals surface area contributed by atoms with E-state index in [1.807, 2.05) is 7.05 Å². The van der Waals surface area contributed by atoms with Crippen molar-refractivity contribution in [2.75, 3.05) is 33.0 Å². The van der Waals surface area contributed by atoms with Gasteiger partial charge in [0.15, 0.2) is 0 Å². The van der Waals surface area contributed by atoms with Gasteiger partial charge in [0, 0.05) is 25.9 Å². The van der Waals surface area contributed by atoms with Gasteiger partial charge in [-0.2, -0.15) is 0 Å². The van der Waals surface area contributed by atoms with E-state index in [-0.39, 0.29) is 0 Å². The lowest BCUT2D eigenvalue weighted by Gasteiger charge is -2.16. The van der Waals surface area contributed by atoms with E-state index in [1.54, 1.807) is 0 Å². The fourth-order valence-corrected chi connectivity index (χ4v) is 3.28. The maximum Gasteiger partial charge on any atom is 0.144 e. The van der Waals surface area contributed by atoms with Crippen molar-refractivity contribution < 1.29 is 0 Å². The predicted octanol–water partition coefficient (Wildman–Crippen LogP) is 3.04. The SMILES string of the molecule is CNc1nc(CCN(C)C)nc(C2CCCC2)c1Br. The Morgan fingerprint density at radius 1 is 1.26 bits per heavy atom. The second-order valence-corrected chi connectivity index (χ2v) is 6.27. The molecule has 0 bridgehead atoms. The summed E-state index contributed by atoms with van der Waals surface area (Å²) in [6.07, 6.45) is 6.05. The highest BCUT2D eigenvalue weighted by molar-refractivity contribution is 9.10. The van der Waals surface area contributed by atoms with Crippen LogP contribution in [0.5, 0.6) is 0 Å². The number of aromatic nitrogens is 2. The van der Waals surface area contributed by atoms with E-state index in [9.17, 15) is 0 Å². The quantitative estimate of drug-likeness (QED) is 0.902. The summed E-state index contributed by atoms with van der Waals surface area (Å²) in [7, 11) is 6.08. The highest BCUT2D eigenvalue weighted by Gasteiger charge is 2.23. The molecule has 0 amide bonds. The van der Waals surface area contributed by atoms with Gasteiger partial charge in [0.1, 0.15) is 11.6 Å². The zero-order chi connectivity index (χ0) is 13.8. The van der Waals surface area contributed by atoms with Crippen LogP contribution in [0.15, 0.2) is 4.47 Å². The van der Waals surface area contributed by atoms with E-state index < -0.39 is 0 Å². The average molecular weight is 327 g/mol. The molecule has 1 aromatic rings. The van der Waals surface area contributed by atoms with Crippen molar-refractivity contribution in [2.45, 2.75) is 38.0 Å². The van der Waals surface area contributed by atoms with Crippen LogP contribution in [0, 0.1) is 0 Å². The molecular formula is C14H23BrN4. The normalized spacial score (nSPS) is 16.3. The number of hydrogen-bond acceptors (Lipinski definition) is 4. The minimum Gasteiger partial charge on any atom is -0.372 e. The van der Waals surface area contributed by atoms with Crippen LogP contribution in [-0.4, -0.2) is 42.6 Å². The van der Waals surface area contributed by atoms with Crippen molar-refractivity contribution in [2.24, 2.45) is 0 Å². The van der Waals surface area contributed by atoms with Gasteiger partial charge in [-0.05, 0) is 42.9 Å². The van der Waals surface area contributed by atoms with Crippen molar-refractivity contribution in [3.05, 3.63) is 16.0 Å². The Kier molecular flexibility index (Phi) is 5.16. The lowest BCUT2D eigenvalue weighted by Crippen LogP contribution is -2.17. The molecule has 1 N–H and O–H groups in total. The van der Waals surface area contributed by atoms with Crippen molar-refractivity contribution in [3.8, 4) is 0 Å². The zero-order valence-electron chi connectivity index (χ0n) is 12.0. The fraction of sp³-hybridized carbons (Fsp3) is 0.714. The van der Waals surface area contributed by atoms with Gasteiger partial charge in [-0.1, -0.05) is 12.8 Å². The Hall–Kier alpha value is -0.680. The van der Waals surface area contributed by atoms with Gasteiger partial charge in [-0.3, -0.25) is 0 Å².